The second kappa shape index (κ2) is 21.7. The van der Waals surface area contributed by atoms with Gasteiger partial charge in [0.1, 0.15) is 30.1 Å². The van der Waals surface area contributed by atoms with Gasteiger partial charge in [0.05, 0.1) is 24.6 Å². The molecule has 4 rings (SSSR count). The minimum atomic E-state index is -2.50. The molecule has 3 heterocycles. The van der Waals surface area contributed by atoms with Crippen LogP contribution in [0.15, 0.2) is 35.1 Å². The van der Waals surface area contributed by atoms with Crippen LogP contribution in [0.4, 0.5) is 0 Å². The Bertz CT molecular complexity index is 1560. The van der Waals surface area contributed by atoms with Gasteiger partial charge in [-0.2, -0.15) is 0 Å². The molecule has 0 spiro atoms. The molecule has 3 fully saturated rings. The Balaban J connectivity index is 1.76. The van der Waals surface area contributed by atoms with Crippen LogP contribution < -0.4 is 5.73 Å². The summed E-state index contributed by atoms with van der Waals surface area (Å²) >= 11 is 0. The third-order valence-corrected chi connectivity index (χ3v) is 13.2. The molecule has 13 heteroatoms. The number of carbonyl (C=O) groups excluding carboxylic acids is 4. The summed E-state index contributed by atoms with van der Waals surface area (Å²) in [5.41, 5.74) is 9.17. The minimum Gasteiger partial charge on any atom is -0.496 e. The zero-order valence-electron chi connectivity index (χ0n) is 37.3. The molecule has 1 amide bonds. The van der Waals surface area contributed by atoms with Crippen molar-refractivity contribution in [1.82, 2.24) is 4.90 Å². The molecule has 4 N–H and O–H groups in total. The Labute approximate surface area is 352 Å². The van der Waals surface area contributed by atoms with Crippen molar-refractivity contribution >= 4 is 23.4 Å². The van der Waals surface area contributed by atoms with Crippen LogP contribution in [-0.2, 0) is 42.9 Å². The highest BCUT2D eigenvalue weighted by Gasteiger charge is 2.56. The summed E-state index contributed by atoms with van der Waals surface area (Å²) in [7, 11) is 3.08. The lowest BCUT2D eigenvalue weighted by Crippen LogP contribution is -2.64. The van der Waals surface area contributed by atoms with Gasteiger partial charge < -0.3 is 44.5 Å². The van der Waals surface area contributed by atoms with Crippen LogP contribution in [0.2, 0.25) is 0 Å². The van der Waals surface area contributed by atoms with E-state index in [-0.39, 0.29) is 55.6 Å². The number of ether oxygens (including phenoxy) is 5. The van der Waals surface area contributed by atoms with Crippen LogP contribution in [0.3, 0.4) is 0 Å². The third-order valence-electron chi connectivity index (χ3n) is 13.2. The van der Waals surface area contributed by atoms with Crippen LogP contribution in [0.5, 0.6) is 0 Å². The predicted octanol–water partition coefficient (Wildman–Crippen LogP) is 5.73. The van der Waals surface area contributed by atoms with Crippen molar-refractivity contribution in [2.24, 2.45) is 35.3 Å². The first-order valence-electron chi connectivity index (χ1n) is 22.0. The highest BCUT2D eigenvalue weighted by Crippen LogP contribution is 2.39. The van der Waals surface area contributed by atoms with Crippen molar-refractivity contribution < 1.29 is 53.1 Å². The highest BCUT2D eigenvalue weighted by molar-refractivity contribution is 6.39. The number of hydrogen-bond donors (Lipinski definition) is 3. The fraction of sp³-hybridized carbons (Fsp3) is 0.783. The van der Waals surface area contributed by atoms with Gasteiger partial charge in [0.15, 0.2) is 0 Å². The molecule has 0 aromatic rings. The molecule has 4 aliphatic rings. The lowest BCUT2D eigenvalue weighted by Gasteiger charge is -2.47. The second-order valence-corrected chi connectivity index (χ2v) is 18.3. The van der Waals surface area contributed by atoms with E-state index in [1.54, 1.807) is 20.1 Å². The number of aliphatic hydroxyl groups is 2. The number of aliphatic hydroxyl groups excluding tert-OH is 1. The Morgan fingerprint density at radius 2 is 1.64 bits per heavy atom. The average molecular weight is 831 g/mol. The summed E-state index contributed by atoms with van der Waals surface area (Å²) < 4.78 is 30.4. The Kier molecular flexibility index (Phi) is 17.9. The number of rotatable bonds is 7. The van der Waals surface area contributed by atoms with Crippen molar-refractivity contribution in [2.75, 3.05) is 20.8 Å². The standard InChI is InChI=1S/C46H74N2O11/c1-11-33-19-27(4)18-28(5)20-39(55-9)42-40(56-10)22-30(7)46(54,59-42)43(51)44(52)48-17-13-12-14-35(48)45(53)58-41(31(8)36(49)24-37(33)50)29(6)21-32-15-16-34(47)38(23-32)57-25-26(2)3/h19,21,25,28,30-36,38-42,49,54H,11-18,20,22-24,47H2,1-10H3. The number of carbonyl (C=O) groups is 4. The van der Waals surface area contributed by atoms with Crippen molar-refractivity contribution in [3.63, 3.8) is 0 Å². The van der Waals surface area contributed by atoms with Gasteiger partial charge in [0, 0.05) is 51.0 Å². The van der Waals surface area contributed by atoms with Crippen LogP contribution in [-0.4, -0.2) is 114 Å². The number of fused-ring (bicyclic) bond motifs is 3. The van der Waals surface area contributed by atoms with E-state index in [0.29, 0.717) is 44.1 Å². The van der Waals surface area contributed by atoms with Crippen molar-refractivity contribution in [2.45, 2.75) is 181 Å². The quantitative estimate of drug-likeness (QED) is 0.123. The first-order chi connectivity index (χ1) is 27.8. The molecule has 0 aromatic carbocycles. The van der Waals surface area contributed by atoms with Gasteiger partial charge in [0.2, 0.25) is 5.79 Å². The minimum absolute atomic E-state index is 0.0381. The van der Waals surface area contributed by atoms with E-state index in [4.69, 9.17) is 29.4 Å². The van der Waals surface area contributed by atoms with Gasteiger partial charge >= 0.3 is 5.97 Å². The molecule has 13 nitrogen and oxygen atoms in total. The number of allylic oxidation sites excluding steroid dienone is 4. The van der Waals surface area contributed by atoms with E-state index in [1.165, 1.54) is 19.1 Å². The monoisotopic (exact) mass is 831 g/mol. The first-order valence-corrected chi connectivity index (χ1v) is 22.0. The fourth-order valence-electron chi connectivity index (χ4n) is 9.56. The first kappa shape index (κ1) is 48.7. The Hall–Kier alpha value is -2.94. The maximum atomic E-state index is 14.4. The lowest BCUT2D eigenvalue weighted by molar-refractivity contribution is -0.302. The average Bonchev–Trinajstić information content (AvgIpc) is 3.20. The van der Waals surface area contributed by atoms with Crippen LogP contribution in [0.1, 0.15) is 126 Å². The van der Waals surface area contributed by atoms with Gasteiger partial charge in [-0.1, -0.05) is 45.4 Å². The van der Waals surface area contributed by atoms with Gasteiger partial charge in [0.25, 0.3) is 11.7 Å². The van der Waals surface area contributed by atoms with E-state index < -0.39 is 77.8 Å². The smallest absolute Gasteiger partial charge is 0.329 e. The summed E-state index contributed by atoms with van der Waals surface area (Å²) in [6.07, 6.45) is 6.72. The van der Waals surface area contributed by atoms with Crippen molar-refractivity contribution in [3.05, 3.63) is 35.1 Å². The number of piperidine rings is 1. The molecule has 14 atom stereocenters. The van der Waals surface area contributed by atoms with Crippen molar-refractivity contribution in [1.29, 1.82) is 0 Å². The molecule has 0 radical (unpaired) electrons. The molecule has 14 unspecified atom stereocenters. The molecule has 3 aliphatic heterocycles. The van der Waals surface area contributed by atoms with Crippen LogP contribution >= 0.6 is 0 Å². The van der Waals surface area contributed by atoms with E-state index in [9.17, 15) is 29.4 Å². The van der Waals surface area contributed by atoms with Crippen LogP contribution in [0, 0.1) is 29.6 Å². The summed E-state index contributed by atoms with van der Waals surface area (Å²) in [6, 6.07) is -1.26. The van der Waals surface area contributed by atoms with Crippen molar-refractivity contribution in [3.8, 4) is 0 Å². The normalized spacial score (nSPS) is 39.0. The zero-order chi connectivity index (χ0) is 43.8. The molecule has 1 saturated carbocycles. The number of ketones is 2. The molecule has 334 valence electrons. The van der Waals surface area contributed by atoms with Gasteiger partial charge in [-0.15, -0.1) is 0 Å². The van der Waals surface area contributed by atoms with E-state index in [0.717, 1.165) is 24.0 Å². The molecule has 59 heavy (non-hydrogen) atoms. The number of hydrogen-bond acceptors (Lipinski definition) is 12. The maximum absolute atomic E-state index is 14.4. The SMILES string of the molecule is CCC1C=C(C)CC(C)CC(OC)C2OC(O)(C(=O)C(=O)N3CCCCC3C(=O)OC(C(C)=CC3CCC(N)C(OC=C(C)C)C3)C(C)C(O)CC1=O)C(C)CC2OC. The number of nitrogens with two attached hydrogens (primary N) is 1. The summed E-state index contributed by atoms with van der Waals surface area (Å²) in [5, 5.41) is 23.8. The van der Waals surface area contributed by atoms with Crippen LogP contribution in [0.25, 0.3) is 0 Å². The molecule has 2 saturated heterocycles. The summed E-state index contributed by atoms with van der Waals surface area (Å²) in [4.78, 5) is 58.0. The topological polar surface area (TPSA) is 184 Å². The molecule has 2 bridgehead atoms. The molecule has 0 aromatic heterocycles. The second-order valence-electron chi connectivity index (χ2n) is 18.3. The summed E-state index contributed by atoms with van der Waals surface area (Å²) in [5.74, 6) is -7.39. The van der Waals surface area contributed by atoms with Gasteiger partial charge in [-0.3, -0.25) is 14.4 Å². The van der Waals surface area contributed by atoms with E-state index >= 15 is 0 Å². The maximum Gasteiger partial charge on any atom is 0.329 e. The highest BCUT2D eigenvalue weighted by atomic mass is 16.7. The number of amides is 1. The van der Waals surface area contributed by atoms with E-state index in [1.807, 2.05) is 40.7 Å². The van der Waals surface area contributed by atoms with Gasteiger partial charge in [-0.25, -0.2) is 4.79 Å². The Morgan fingerprint density at radius 1 is 0.966 bits per heavy atom. The number of nitrogens with zero attached hydrogens (tertiary/aromatic N) is 1. The largest absolute Gasteiger partial charge is 0.496 e. The zero-order valence-corrected chi connectivity index (χ0v) is 37.3. The Morgan fingerprint density at radius 3 is 2.29 bits per heavy atom. The predicted molar refractivity (Wildman–Crippen MR) is 224 cm³/mol. The third kappa shape index (κ3) is 12.1. The fourth-order valence-corrected chi connectivity index (χ4v) is 9.56. The number of methoxy groups -OCH3 is 2. The van der Waals surface area contributed by atoms with Gasteiger partial charge in [-0.05, 0) is 115 Å². The number of esters is 1. The molecular weight excluding hydrogens is 757 g/mol. The number of Topliss-reactive ketones (excluding diaryl/α,β-unsaturated/α-hetero) is 2. The summed E-state index contributed by atoms with van der Waals surface area (Å²) in [6.45, 7) is 15.3. The van der Waals surface area contributed by atoms with E-state index in [2.05, 4.69) is 13.0 Å². The lowest BCUT2D eigenvalue weighted by atomic mass is 9.81. The number of cyclic esters (lactones) is 1. The molecular formula is C46H74N2O11. The molecule has 1 aliphatic carbocycles.